The highest BCUT2D eigenvalue weighted by Gasteiger charge is 2.17. The first-order valence-electron chi connectivity index (χ1n) is 8.14. The lowest BCUT2D eigenvalue weighted by molar-refractivity contribution is -0.135. The van der Waals surface area contributed by atoms with Gasteiger partial charge in [0.15, 0.2) is 0 Å². The van der Waals surface area contributed by atoms with Crippen LogP contribution in [0.2, 0.25) is 0 Å². The fourth-order valence-corrected chi connectivity index (χ4v) is 3.08. The molecule has 136 valence electrons. The van der Waals surface area contributed by atoms with E-state index in [1.807, 2.05) is 30.5 Å². The zero-order valence-electron chi connectivity index (χ0n) is 15.1. The molecule has 0 bridgehead atoms. The molecule has 1 aromatic carbocycles. The lowest BCUT2D eigenvalue weighted by Gasteiger charge is -2.20. The minimum absolute atomic E-state index is 0.0148. The van der Waals surface area contributed by atoms with Crippen LogP contribution in [0.15, 0.2) is 40.5 Å². The molecule has 0 radical (unpaired) electrons. The number of aromatic nitrogens is 4. The van der Waals surface area contributed by atoms with E-state index >= 15 is 0 Å². The largest absolute Gasteiger partial charge is 0.425 e. The molecule has 3 aromatic rings. The van der Waals surface area contributed by atoms with Crippen molar-refractivity contribution in [2.24, 2.45) is 0 Å². The number of carbonyl (C=O) groups is 1. The highest BCUT2D eigenvalue weighted by Crippen LogP contribution is 2.27. The summed E-state index contributed by atoms with van der Waals surface area (Å²) in [5.74, 6) is -0.0985. The number of hydrogen-bond donors (Lipinski definition) is 0. The smallest absolute Gasteiger partial charge is 0.369 e. The van der Waals surface area contributed by atoms with E-state index in [9.17, 15) is 9.59 Å². The molecule has 2 heterocycles. The number of benzene rings is 1. The molecule has 7 nitrogen and oxygen atoms in total. The van der Waals surface area contributed by atoms with E-state index in [-0.39, 0.29) is 12.0 Å². The zero-order valence-corrected chi connectivity index (χ0v) is 15.9. The summed E-state index contributed by atoms with van der Waals surface area (Å²) in [6.45, 7) is 7.95. The number of ether oxygens (including phenoxy) is 1. The Morgan fingerprint density at radius 2 is 2.00 bits per heavy atom. The van der Waals surface area contributed by atoms with Crippen molar-refractivity contribution in [1.29, 1.82) is 0 Å². The Bertz CT molecular complexity index is 981. The lowest BCUT2D eigenvalue weighted by Crippen LogP contribution is -2.28. The van der Waals surface area contributed by atoms with E-state index in [0.29, 0.717) is 10.8 Å². The highest BCUT2D eigenvalue weighted by atomic mass is 32.1. The van der Waals surface area contributed by atoms with Gasteiger partial charge < -0.3 is 4.74 Å². The van der Waals surface area contributed by atoms with E-state index in [4.69, 9.17) is 4.74 Å². The fourth-order valence-electron chi connectivity index (χ4n) is 2.41. The molecule has 0 N–H and O–H groups in total. The Kier molecular flexibility index (Phi) is 4.78. The first kappa shape index (κ1) is 18.1. The molecule has 0 amide bonds. The molecule has 2 aromatic heterocycles. The first-order valence-corrected chi connectivity index (χ1v) is 9.02. The van der Waals surface area contributed by atoms with Gasteiger partial charge in [-0.3, -0.25) is 0 Å². The molecule has 0 atom stereocenters. The van der Waals surface area contributed by atoms with Crippen molar-refractivity contribution in [2.75, 3.05) is 0 Å². The predicted octanol–water partition coefficient (Wildman–Crippen LogP) is 2.70. The van der Waals surface area contributed by atoms with Crippen molar-refractivity contribution < 1.29 is 9.53 Å². The maximum Gasteiger partial charge on any atom is 0.369 e. The average molecular weight is 372 g/mol. The molecule has 0 saturated carbocycles. The van der Waals surface area contributed by atoms with Gasteiger partial charge in [0, 0.05) is 0 Å². The third kappa shape index (κ3) is 3.75. The van der Waals surface area contributed by atoms with Crippen molar-refractivity contribution >= 4 is 17.3 Å². The van der Waals surface area contributed by atoms with Gasteiger partial charge in [-0.1, -0.05) is 32.9 Å². The number of nitrogens with zero attached hydrogens (tertiary/aromatic N) is 4. The maximum absolute atomic E-state index is 12.3. The van der Waals surface area contributed by atoms with Crippen LogP contribution >= 0.6 is 11.3 Å². The van der Waals surface area contributed by atoms with Crippen LogP contribution in [-0.4, -0.2) is 25.8 Å². The van der Waals surface area contributed by atoms with Crippen LogP contribution in [0, 0.1) is 6.92 Å². The fraction of sp³-hybridized carbons (Fsp3) is 0.333. The summed E-state index contributed by atoms with van der Waals surface area (Å²) < 4.78 is 7.54. The third-order valence-corrected chi connectivity index (χ3v) is 4.74. The van der Waals surface area contributed by atoms with Gasteiger partial charge in [0.05, 0.1) is 0 Å². The van der Waals surface area contributed by atoms with Gasteiger partial charge in [-0.2, -0.15) is 9.36 Å². The van der Waals surface area contributed by atoms with Crippen molar-refractivity contribution in [3.05, 3.63) is 57.3 Å². The van der Waals surface area contributed by atoms with E-state index in [1.165, 1.54) is 11.3 Å². The summed E-state index contributed by atoms with van der Waals surface area (Å²) >= 11 is 1.36. The first-order chi connectivity index (χ1) is 12.3. The second kappa shape index (κ2) is 6.87. The van der Waals surface area contributed by atoms with Crippen LogP contribution < -0.4 is 10.4 Å². The van der Waals surface area contributed by atoms with Gasteiger partial charge in [-0.05, 0) is 57.5 Å². The second-order valence-electron chi connectivity index (χ2n) is 6.99. The summed E-state index contributed by atoms with van der Waals surface area (Å²) in [5.41, 5.74) is 1.55. The lowest BCUT2D eigenvalue weighted by atomic mass is 9.86. The number of rotatable bonds is 4. The number of tetrazole rings is 1. The Labute approximate surface area is 154 Å². The Morgan fingerprint density at radius 3 is 2.62 bits per heavy atom. The summed E-state index contributed by atoms with van der Waals surface area (Å²) in [5, 5.41) is 10.0. The van der Waals surface area contributed by atoms with Gasteiger partial charge in [0.2, 0.25) is 0 Å². The topological polar surface area (TPSA) is 79.0 Å². The maximum atomic E-state index is 12.3. The number of carbonyl (C=O) groups excluding carboxylic acids is 1. The summed E-state index contributed by atoms with van der Waals surface area (Å²) in [6, 6.07) is 9.28. The van der Waals surface area contributed by atoms with Gasteiger partial charge in [0.1, 0.15) is 17.3 Å². The van der Waals surface area contributed by atoms with E-state index in [2.05, 4.69) is 31.2 Å². The van der Waals surface area contributed by atoms with E-state index in [1.54, 1.807) is 12.1 Å². The molecular weight excluding hydrogens is 352 g/mol. The third-order valence-electron chi connectivity index (χ3n) is 3.90. The minimum atomic E-state index is -0.572. The molecule has 8 heteroatoms. The summed E-state index contributed by atoms with van der Waals surface area (Å²) in [6.07, 6.45) is 0. The van der Waals surface area contributed by atoms with Crippen LogP contribution in [0.25, 0.3) is 5.00 Å². The molecule has 0 aliphatic heterocycles. The number of thiophene rings is 1. The molecule has 0 aliphatic carbocycles. The van der Waals surface area contributed by atoms with E-state index < -0.39 is 11.7 Å². The van der Waals surface area contributed by atoms with Crippen LogP contribution in [0.5, 0.6) is 5.75 Å². The van der Waals surface area contributed by atoms with Crippen molar-refractivity contribution in [3.8, 4) is 10.8 Å². The number of hydrogen-bond acceptors (Lipinski definition) is 6. The van der Waals surface area contributed by atoms with Gasteiger partial charge >= 0.3 is 11.7 Å². The van der Waals surface area contributed by atoms with Crippen molar-refractivity contribution in [2.45, 2.75) is 39.7 Å². The van der Waals surface area contributed by atoms with Crippen molar-refractivity contribution in [3.63, 3.8) is 0 Å². The predicted molar refractivity (Wildman–Crippen MR) is 99.0 cm³/mol. The van der Waals surface area contributed by atoms with Crippen LogP contribution in [0.3, 0.4) is 0 Å². The molecule has 0 unspecified atom stereocenters. The van der Waals surface area contributed by atoms with Crippen LogP contribution in [0.1, 0.15) is 31.9 Å². The normalized spacial score (nSPS) is 11.5. The van der Waals surface area contributed by atoms with E-state index in [0.717, 1.165) is 20.5 Å². The standard InChI is InChI=1S/C18H20N4O3S/c1-12-10-13(18(2,3)4)7-8-14(12)25-16(23)11-21-17(24)22(20-19-21)15-6-5-9-26-15/h5-10H,11H2,1-4H3. The molecule has 3 rings (SSSR count). The molecule has 26 heavy (non-hydrogen) atoms. The average Bonchev–Trinajstić information content (AvgIpc) is 3.19. The monoisotopic (exact) mass is 372 g/mol. The quantitative estimate of drug-likeness (QED) is 0.520. The van der Waals surface area contributed by atoms with Crippen molar-refractivity contribution in [1.82, 2.24) is 19.8 Å². The zero-order chi connectivity index (χ0) is 18.9. The molecule has 0 spiro atoms. The summed E-state index contributed by atoms with van der Waals surface area (Å²) in [4.78, 5) is 24.5. The molecule has 0 saturated heterocycles. The molecule has 0 aliphatic rings. The van der Waals surface area contributed by atoms with Crippen LogP contribution in [-0.2, 0) is 16.8 Å². The van der Waals surface area contributed by atoms with Gasteiger partial charge in [-0.15, -0.1) is 11.3 Å². The SMILES string of the molecule is Cc1cc(C(C)(C)C)ccc1OC(=O)Cn1nnn(-c2cccs2)c1=O. The second-order valence-corrected chi connectivity index (χ2v) is 7.91. The number of aryl methyl sites for hydroxylation is 1. The van der Waals surface area contributed by atoms with Gasteiger partial charge in [-0.25, -0.2) is 9.59 Å². The minimum Gasteiger partial charge on any atom is -0.425 e. The Morgan fingerprint density at radius 1 is 1.23 bits per heavy atom. The Hall–Kier alpha value is -2.74. The van der Waals surface area contributed by atoms with Crippen LogP contribution in [0.4, 0.5) is 0 Å². The number of esters is 1. The molecule has 0 fully saturated rings. The molecular formula is C18H20N4O3S. The highest BCUT2D eigenvalue weighted by molar-refractivity contribution is 7.12. The Balaban J connectivity index is 1.73. The summed E-state index contributed by atoms with van der Waals surface area (Å²) in [7, 11) is 0. The van der Waals surface area contributed by atoms with Gasteiger partial charge in [0.25, 0.3) is 0 Å².